The number of anilines is 3. The van der Waals surface area contributed by atoms with Crippen molar-refractivity contribution in [1.29, 1.82) is 0 Å². The summed E-state index contributed by atoms with van der Waals surface area (Å²) in [6, 6.07) is 9.70. The van der Waals surface area contributed by atoms with Gasteiger partial charge in [0.15, 0.2) is 0 Å². The molecule has 0 aliphatic heterocycles. The third kappa shape index (κ3) is 5.91. The Morgan fingerprint density at radius 3 is 2.28 bits per heavy atom. The molecule has 1 atom stereocenters. The van der Waals surface area contributed by atoms with E-state index < -0.39 is 27.8 Å². The minimum Gasteiger partial charge on any atom is -0.374 e. The molecule has 0 aliphatic carbocycles. The molecule has 1 unspecified atom stereocenters. The number of halogens is 2. The van der Waals surface area contributed by atoms with Crippen LogP contribution in [0.4, 0.5) is 21.5 Å². The molecule has 25 heavy (non-hydrogen) atoms. The smallest absolute Gasteiger partial charge is 0.246 e. The lowest BCUT2D eigenvalue weighted by molar-refractivity contribution is -0.116. The summed E-state index contributed by atoms with van der Waals surface area (Å²) in [7, 11) is -3.35. The van der Waals surface area contributed by atoms with Crippen LogP contribution in [0, 0.1) is 5.82 Å². The summed E-state index contributed by atoms with van der Waals surface area (Å²) in [4.78, 5) is 12.1. The maximum absolute atomic E-state index is 13.7. The van der Waals surface area contributed by atoms with E-state index in [4.69, 9.17) is 11.6 Å². The van der Waals surface area contributed by atoms with Gasteiger partial charge >= 0.3 is 0 Å². The van der Waals surface area contributed by atoms with Crippen molar-refractivity contribution in [3.63, 3.8) is 0 Å². The molecule has 1 amide bonds. The second-order valence-electron chi connectivity index (χ2n) is 5.43. The molecule has 2 rings (SSSR count). The number of hydrogen-bond acceptors (Lipinski definition) is 4. The molecule has 134 valence electrons. The number of sulfonamides is 1. The number of benzene rings is 2. The van der Waals surface area contributed by atoms with E-state index in [2.05, 4.69) is 15.4 Å². The van der Waals surface area contributed by atoms with Crippen LogP contribution in [-0.4, -0.2) is 26.6 Å². The van der Waals surface area contributed by atoms with Gasteiger partial charge in [0.25, 0.3) is 0 Å². The van der Waals surface area contributed by atoms with Crippen molar-refractivity contribution in [3.05, 3.63) is 53.3 Å². The maximum atomic E-state index is 13.7. The predicted octanol–water partition coefficient (Wildman–Crippen LogP) is 3.29. The molecule has 0 aliphatic rings. The SMILES string of the molecule is CC(Nc1ccc(NS(C)(=O)=O)cc1)C(=O)Nc1ccc(Cl)cc1F. The van der Waals surface area contributed by atoms with E-state index in [1.165, 1.54) is 12.1 Å². The highest BCUT2D eigenvalue weighted by Crippen LogP contribution is 2.20. The van der Waals surface area contributed by atoms with Gasteiger partial charge in [-0.3, -0.25) is 9.52 Å². The van der Waals surface area contributed by atoms with Crippen molar-refractivity contribution in [2.24, 2.45) is 0 Å². The Bertz CT molecular complexity index is 873. The summed E-state index contributed by atoms with van der Waals surface area (Å²) in [6.45, 7) is 1.62. The van der Waals surface area contributed by atoms with E-state index in [-0.39, 0.29) is 10.7 Å². The zero-order valence-electron chi connectivity index (χ0n) is 13.5. The largest absolute Gasteiger partial charge is 0.374 e. The van der Waals surface area contributed by atoms with Crippen LogP contribution in [0.3, 0.4) is 0 Å². The van der Waals surface area contributed by atoms with Crippen LogP contribution in [0.15, 0.2) is 42.5 Å². The summed E-state index contributed by atoms with van der Waals surface area (Å²) >= 11 is 5.67. The van der Waals surface area contributed by atoms with Crippen molar-refractivity contribution >= 4 is 44.6 Å². The van der Waals surface area contributed by atoms with Gasteiger partial charge in [0, 0.05) is 16.4 Å². The Morgan fingerprint density at radius 2 is 1.72 bits per heavy atom. The lowest BCUT2D eigenvalue weighted by Crippen LogP contribution is -2.32. The Labute approximate surface area is 150 Å². The standard InChI is InChI=1S/C16H17ClFN3O3S/c1-10(16(22)20-15-8-3-11(17)9-14(15)18)19-12-4-6-13(7-5-12)21-25(2,23)24/h3-10,19,21H,1-2H3,(H,20,22). The predicted molar refractivity (Wildman–Crippen MR) is 98.0 cm³/mol. The quantitative estimate of drug-likeness (QED) is 0.712. The van der Waals surface area contributed by atoms with Gasteiger partial charge in [0.1, 0.15) is 11.9 Å². The maximum Gasteiger partial charge on any atom is 0.246 e. The lowest BCUT2D eigenvalue weighted by atomic mass is 10.2. The van der Waals surface area contributed by atoms with Gasteiger partial charge in [-0.05, 0) is 49.4 Å². The van der Waals surface area contributed by atoms with Crippen molar-refractivity contribution < 1.29 is 17.6 Å². The van der Waals surface area contributed by atoms with Gasteiger partial charge in [0.2, 0.25) is 15.9 Å². The molecule has 2 aromatic carbocycles. The topological polar surface area (TPSA) is 87.3 Å². The number of amides is 1. The highest BCUT2D eigenvalue weighted by molar-refractivity contribution is 7.92. The van der Waals surface area contributed by atoms with Crippen LogP contribution < -0.4 is 15.4 Å². The second kappa shape index (κ2) is 7.71. The molecule has 9 heteroatoms. The first-order valence-electron chi connectivity index (χ1n) is 7.24. The molecule has 0 saturated heterocycles. The number of carbonyl (C=O) groups excluding carboxylic acids is 1. The van der Waals surface area contributed by atoms with E-state index in [1.807, 2.05) is 0 Å². The second-order valence-corrected chi connectivity index (χ2v) is 7.62. The van der Waals surface area contributed by atoms with E-state index in [0.717, 1.165) is 12.3 Å². The first-order chi connectivity index (χ1) is 11.6. The zero-order valence-corrected chi connectivity index (χ0v) is 15.1. The third-order valence-electron chi connectivity index (χ3n) is 3.15. The first kappa shape index (κ1) is 19.0. The third-order valence-corrected chi connectivity index (χ3v) is 4.00. The fourth-order valence-electron chi connectivity index (χ4n) is 2.00. The average Bonchev–Trinajstić information content (AvgIpc) is 2.50. The molecule has 3 N–H and O–H groups in total. The molecular formula is C16H17ClFN3O3S. The molecular weight excluding hydrogens is 369 g/mol. The zero-order chi connectivity index (χ0) is 18.6. The van der Waals surface area contributed by atoms with Crippen LogP contribution in [0.2, 0.25) is 5.02 Å². The van der Waals surface area contributed by atoms with Crippen molar-refractivity contribution in [2.45, 2.75) is 13.0 Å². The van der Waals surface area contributed by atoms with E-state index in [0.29, 0.717) is 11.4 Å². The minimum absolute atomic E-state index is 0.0377. The van der Waals surface area contributed by atoms with Crippen molar-refractivity contribution in [1.82, 2.24) is 0 Å². The highest BCUT2D eigenvalue weighted by atomic mass is 35.5. The van der Waals surface area contributed by atoms with Gasteiger partial charge in [-0.15, -0.1) is 0 Å². The van der Waals surface area contributed by atoms with Crippen LogP contribution >= 0.6 is 11.6 Å². The Hall–Kier alpha value is -2.32. The molecule has 2 aromatic rings. The van der Waals surface area contributed by atoms with Gasteiger partial charge in [-0.1, -0.05) is 11.6 Å². The summed E-state index contributed by atoms with van der Waals surface area (Å²) in [5, 5.41) is 5.66. The minimum atomic E-state index is -3.35. The monoisotopic (exact) mass is 385 g/mol. The van der Waals surface area contributed by atoms with Gasteiger partial charge in [-0.2, -0.15) is 0 Å². The van der Waals surface area contributed by atoms with E-state index in [1.54, 1.807) is 31.2 Å². The van der Waals surface area contributed by atoms with E-state index in [9.17, 15) is 17.6 Å². The van der Waals surface area contributed by atoms with Crippen molar-refractivity contribution in [3.8, 4) is 0 Å². The molecule has 0 radical (unpaired) electrons. The molecule has 0 saturated carbocycles. The van der Waals surface area contributed by atoms with Crippen molar-refractivity contribution in [2.75, 3.05) is 21.6 Å². The fraction of sp³-hybridized carbons (Fsp3) is 0.188. The molecule has 6 nitrogen and oxygen atoms in total. The Morgan fingerprint density at radius 1 is 1.12 bits per heavy atom. The van der Waals surface area contributed by atoms with Gasteiger partial charge < -0.3 is 10.6 Å². The summed E-state index contributed by atoms with van der Waals surface area (Å²) in [5.74, 6) is -1.05. The molecule has 0 bridgehead atoms. The molecule has 0 fully saturated rings. The van der Waals surface area contributed by atoms with Gasteiger partial charge in [0.05, 0.1) is 11.9 Å². The van der Waals surface area contributed by atoms with Crippen LogP contribution in [0.1, 0.15) is 6.92 Å². The first-order valence-corrected chi connectivity index (χ1v) is 9.51. The van der Waals surface area contributed by atoms with Gasteiger partial charge in [-0.25, -0.2) is 12.8 Å². The van der Waals surface area contributed by atoms with Crippen LogP contribution in [-0.2, 0) is 14.8 Å². The number of nitrogens with one attached hydrogen (secondary N) is 3. The Kier molecular flexibility index (Phi) is 5.86. The fourth-order valence-corrected chi connectivity index (χ4v) is 2.72. The van der Waals surface area contributed by atoms with Crippen LogP contribution in [0.25, 0.3) is 0 Å². The molecule has 0 spiro atoms. The normalized spacial score (nSPS) is 12.3. The molecule has 0 aromatic heterocycles. The van der Waals surface area contributed by atoms with E-state index >= 15 is 0 Å². The Balaban J connectivity index is 1.98. The highest BCUT2D eigenvalue weighted by Gasteiger charge is 2.15. The summed E-state index contributed by atoms with van der Waals surface area (Å²) in [5.41, 5.74) is 1.06. The summed E-state index contributed by atoms with van der Waals surface area (Å²) < 4.78 is 38.4. The molecule has 0 heterocycles. The number of hydrogen-bond donors (Lipinski definition) is 3. The average molecular weight is 386 g/mol. The summed E-state index contributed by atoms with van der Waals surface area (Å²) in [6.07, 6.45) is 1.06. The number of rotatable bonds is 6. The van der Waals surface area contributed by atoms with Crippen LogP contribution in [0.5, 0.6) is 0 Å². The number of carbonyl (C=O) groups is 1. The lowest BCUT2D eigenvalue weighted by Gasteiger charge is -2.16.